The van der Waals surface area contributed by atoms with Crippen LogP contribution in [0.15, 0.2) is 109 Å². The summed E-state index contributed by atoms with van der Waals surface area (Å²) in [4.78, 5) is 40.0. The molecule has 9 nitrogen and oxygen atoms in total. The van der Waals surface area contributed by atoms with Crippen LogP contribution in [-0.2, 0) is 27.9 Å². The first kappa shape index (κ1) is 72.7. The summed E-state index contributed by atoms with van der Waals surface area (Å²) < 4.78 is 30.3. The number of amides is 1. The Balaban J connectivity index is 5.36. The average molecular weight is 1080 g/mol. The standard InChI is InChI=1S/C66H115N2O7P/c1-7-10-13-16-19-22-25-28-30-32-33-34-35-36-38-41-44-47-50-53-56-59-66(70)75-64(57-54-51-48-45-42-39-27-24-21-18-15-12-9-3)63(62-74-76(71,72)73-61-60-68(4,5)6)67-65(69)58-55-52-49-46-43-40-37-31-29-26-23-20-17-14-11-8-2/h10-11,13-14,19-20,22-23,28-31,33-34,36,38,54,57,63-64H,7-9,12,15-18,21,24-27,32,35,37,39-53,55-56,58-62H2,1-6H3,(H-,67,69,71,72)/b13-10-,14-11+,22-19-,23-20+,30-28-,31-29+,34-33-,38-36-,57-54+. The van der Waals surface area contributed by atoms with Crippen LogP contribution in [-0.4, -0.2) is 69.4 Å². The Morgan fingerprint density at radius 2 is 0.842 bits per heavy atom. The van der Waals surface area contributed by atoms with E-state index in [0.29, 0.717) is 23.9 Å². The highest BCUT2D eigenvalue weighted by Crippen LogP contribution is 2.38. The summed E-state index contributed by atoms with van der Waals surface area (Å²) in [6.45, 7) is 6.59. The van der Waals surface area contributed by atoms with E-state index in [1.165, 1.54) is 57.8 Å². The summed E-state index contributed by atoms with van der Waals surface area (Å²) in [6, 6.07) is -0.910. The van der Waals surface area contributed by atoms with Crippen LogP contribution < -0.4 is 10.2 Å². The molecule has 0 rings (SSSR count). The van der Waals surface area contributed by atoms with E-state index < -0.39 is 26.6 Å². The van der Waals surface area contributed by atoms with Crippen molar-refractivity contribution in [2.75, 3.05) is 40.9 Å². The maximum atomic E-state index is 13.5. The molecule has 76 heavy (non-hydrogen) atoms. The summed E-state index contributed by atoms with van der Waals surface area (Å²) in [7, 11) is 1.15. The number of allylic oxidation sites excluding steroid dienone is 17. The van der Waals surface area contributed by atoms with Crippen molar-refractivity contribution in [1.29, 1.82) is 0 Å². The van der Waals surface area contributed by atoms with Crippen LogP contribution in [0.5, 0.6) is 0 Å². The van der Waals surface area contributed by atoms with Gasteiger partial charge in [-0.05, 0) is 109 Å². The van der Waals surface area contributed by atoms with Gasteiger partial charge >= 0.3 is 5.97 Å². The number of hydrogen-bond donors (Lipinski definition) is 1. The van der Waals surface area contributed by atoms with Gasteiger partial charge in [0.15, 0.2) is 0 Å². The molecule has 0 aliphatic heterocycles. The second-order valence-corrected chi connectivity index (χ2v) is 22.9. The zero-order chi connectivity index (χ0) is 55.7. The number of ether oxygens (including phenoxy) is 1. The third-order valence-electron chi connectivity index (χ3n) is 12.9. The molecule has 0 aliphatic carbocycles. The Bertz CT molecular complexity index is 1670. The van der Waals surface area contributed by atoms with Gasteiger partial charge in [0.2, 0.25) is 5.91 Å². The van der Waals surface area contributed by atoms with Gasteiger partial charge in [-0.3, -0.25) is 14.2 Å². The van der Waals surface area contributed by atoms with E-state index in [1.54, 1.807) is 0 Å². The van der Waals surface area contributed by atoms with Gasteiger partial charge in [-0.1, -0.05) is 233 Å². The Hall–Kier alpha value is -3.33. The van der Waals surface area contributed by atoms with Crippen LogP contribution in [0.3, 0.4) is 0 Å². The first-order chi connectivity index (χ1) is 36.9. The van der Waals surface area contributed by atoms with Crippen molar-refractivity contribution in [3.63, 3.8) is 0 Å². The number of likely N-dealkylation sites (N-methyl/N-ethyl adjacent to an activating group) is 1. The lowest BCUT2D eigenvalue weighted by molar-refractivity contribution is -0.870. The molecule has 0 saturated carbocycles. The number of unbranched alkanes of at least 4 members (excludes halogenated alkanes) is 22. The van der Waals surface area contributed by atoms with Crippen LogP contribution in [0.4, 0.5) is 0 Å². The molecule has 3 atom stereocenters. The van der Waals surface area contributed by atoms with Crippen molar-refractivity contribution >= 4 is 19.7 Å². The number of nitrogens with zero attached hydrogens (tertiary/aromatic N) is 1. The van der Waals surface area contributed by atoms with Crippen LogP contribution in [0.25, 0.3) is 0 Å². The zero-order valence-electron chi connectivity index (χ0n) is 49.7. The molecule has 1 amide bonds. The van der Waals surface area contributed by atoms with E-state index in [2.05, 4.69) is 123 Å². The first-order valence-corrected chi connectivity index (χ1v) is 32.2. The first-order valence-electron chi connectivity index (χ1n) is 30.7. The van der Waals surface area contributed by atoms with Gasteiger partial charge in [0.1, 0.15) is 19.3 Å². The minimum absolute atomic E-state index is 0.0340. The summed E-state index contributed by atoms with van der Waals surface area (Å²) in [6.07, 6.45) is 74.8. The van der Waals surface area contributed by atoms with Gasteiger partial charge in [-0.15, -0.1) is 0 Å². The van der Waals surface area contributed by atoms with Crippen LogP contribution >= 0.6 is 7.82 Å². The second kappa shape index (κ2) is 55.0. The van der Waals surface area contributed by atoms with Gasteiger partial charge in [-0.2, -0.15) is 0 Å². The summed E-state index contributed by atoms with van der Waals surface area (Å²) in [5.74, 6) is -0.583. The maximum absolute atomic E-state index is 13.5. The molecule has 0 aromatic heterocycles. The monoisotopic (exact) mass is 1080 g/mol. The molecule has 10 heteroatoms. The normalized spacial score (nSPS) is 14.5. The van der Waals surface area contributed by atoms with Crippen molar-refractivity contribution in [2.24, 2.45) is 0 Å². The van der Waals surface area contributed by atoms with E-state index in [9.17, 15) is 19.0 Å². The lowest BCUT2D eigenvalue weighted by Gasteiger charge is -2.30. The molecule has 0 fully saturated rings. The lowest BCUT2D eigenvalue weighted by Crippen LogP contribution is -2.47. The predicted molar refractivity (Wildman–Crippen MR) is 325 cm³/mol. The van der Waals surface area contributed by atoms with E-state index >= 15 is 0 Å². The van der Waals surface area contributed by atoms with Gasteiger partial charge in [0, 0.05) is 12.8 Å². The van der Waals surface area contributed by atoms with Crippen LogP contribution in [0.1, 0.15) is 245 Å². The SMILES string of the molecule is CC/C=C\C/C=C\C/C=C\C/C=C\C/C=C\CCCCCCCC(=O)OC(/C=C/CCCCCCCCCCCCC)C(COP(=O)([O-])OCC[N+](C)(C)C)NC(=O)CCCCCCCC/C=C/C/C=C/C/C=C/CC. The molecular weight excluding hydrogens is 964 g/mol. The highest BCUT2D eigenvalue weighted by molar-refractivity contribution is 7.45. The number of carbonyl (C=O) groups is 2. The molecule has 0 aromatic carbocycles. The topological polar surface area (TPSA) is 114 Å². The number of carbonyl (C=O) groups excluding carboxylic acids is 2. The number of phosphoric acid groups is 1. The van der Waals surface area contributed by atoms with Crippen LogP contribution in [0.2, 0.25) is 0 Å². The highest BCUT2D eigenvalue weighted by Gasteiger charge is 2.27. The Morgan fingerprint density at radius 3 is 1.26 bits per heavy atom. The van der Waals surface area contributed by atoms with E-state index in [1.807, 2.05) is 33.3 Å². The number of phosphoric ester groups is 1. The largest absolute Gasteiger partial charge is 0.756 e. The van der Waals surface area contributed by atoms with Crippen molar-refractivity contribution in [2.45, 2.75) is 258 Å². The Morgan fingerprint density at radius 1 is 0.474 bits per heavy atom. The zero-order valence-corrected chi connectivity index (χ0v) is 50.6. The molecule has 0 saturated heterocycles. The highest BCUT2D eigenvalue weighted by atomic mass is 31.2. The van der Waals surface area contributed by atoms with Gasteiger partial charge in [0.25, 0.3) is 7.82 Å². The molecule has 1 N–H and O–H groups in total. The number of nitrogens with one attached hydrogen (secondary N) is 1. The predicted octanol–water partition coefficient (Wildman–Crippen LogP) is 18.3. The summed E-state index contributed by atoms with van der Waals surface area (Å²) >= 11 is 0. The quantitative estimate of drug-likeness (QED) is 0.0212. The third-order valence-corrected chi connectivity index (χ3v) is 13.9. The number of rotatable bonds is 54. The third kappa shape index (κ3) is 55.4. The Kier molecular flexibility index (Phi) is 52.6. The second-order valence-electron chi connectivity index (χ2n) is 21.4. The van der Waals surface area contributed by atoms with Gasteiger partial charge in [-0.25, -0.2) is 0 Å². The summed E-state index contributed by atoms with van der Waals surface area (Å²) in [5, 5.41) is 3.01. The average Bonchev–Trinajstić information content (AvgIpc) is 3.38. The minimum atomic E-state index is -4.71. The van der Waals surface area contributed by atoms with Crippen molar-refractivity contribution in [1.82, 2.24) is 5.32 Å². The molecule has 0 spiro atoms. The van der Waals surface area contributed by atoms with Crippen molar-refractivity contribution in [3.8, 4) is 0 Å². The van der Waals surface area contributed by atoms with E-state index in [4.69, 9.17) is 13.8 Å². The molecule has 0 radical (unpaired) electrons. The fourth-order valence-electron chi connectivity index (χ4n) is 8.27. The molecule has 3 unspecified atom stereocenters. The van der Waals surface area contributed by atoms with Crippen LogP contribution in [0, 0.1) is 0 Å². The van der Waals surface area contributed by atoms with Crippen molar-refractivity contribution < 1.29 is 37.3 Å². The molecule has 0 aliphatic rings. The van der Waals surface area contributed by atoms with E-state index in [-0.39, 0.29) is 24.9 Å². The molecule has 0 aromatic rings. The Labute approximate surface area is 468 Å². The van der Waals surface area contributed by atoms with E-state index in [0.717, 1.165) is 148 Å². The molecular formula is C66H115N2O7P. The molecule has 0 heterocycles. The van der Waals surface area contributed by atoms with Crippen molar-refractivity contribution in [3.05, 3.63) is 109 Å². The maximum Gasteiger partial charge on any atom is 0.306 e. The number of esters is 1. The fourth-order valence-corrected chi connectivity index (χ4v) is 8.99. The van der Waals surface area contributed by atoms with Gasteiger partial charge in [0.05, 0.1) is 33.8 Å². The lowest BCUT2D eigenvalue weighted by atomic mass is 10.0. The molecule has 436 valence electrons. The smallest absolute Gasteiger partial charge is 0.306 e. The number of hydrogen-bond acceptors (Lipinski definition) is 7. The fraction of sp³-hybridized carbons (Fsp3) is 0.697. The minimum Gasteiger partial charge on any atom is -0.756 e. The summed E-state index contributed by atoms with van der Waals surface area (Å²) in [5.41, 5.74) is 0. The number of quaternary nitrogens is 1. The molecule has 0 bridgehead atoms. The van der Waals surface area contributed by atoms with Gasteiger partial charge < -0.3 is 28.5 Å².